The molecular formula is C21H31N5O. The lowest BCUT2D eigenvalue weighted by atomic mass is 10.0. The molecule has 3 saturated heterocycles. The van der Waals surface area contributed by atoms with E-state index in [1.54, 1.807) is 0 Å². The molecule has 3 aliphatic heterocycles. The van der Waals surface area contributed by atoms with Crippen LogP contribution in [0.5, 0.6) is 0 Å². The molecule has 0 saturated carbocycles. The summed E-state index contributed by atoms with van der Waals surface area (Å²) in [4.78, 5) is 27.9. The maximum atomic E-state index is 11.8. The second-order valence-corrected chi connectivity index (χ2v) is 8.59. The van der Waals surface area contributed by atoms with E-state index in [1.165, 1.54) is 19.2 Å². The standard InChI is InChI=1S/C21H31N5O/c1-4-20(27)24-7-5-18(6-8-24)25-11-16-13-26(14-17(16)12-25)19-9-22-21(15(2)3)23-10-19/h4,9-10,15-18H,1,5-8,11-14H2,2-3H3/t16-,17+. The highest BCUT2D eigenvalue weighted by atomic mass is 16.2. The predicted octanol–water partition coefficient (Wildman–Crippen LogP) is 2.14. The van der Waals surface area contributed by atoms with Gasteiger partial charge in [0.1, 0.15) is 5.82 Å². The Balaban J connectivity index is 1.30. The van der Waals surface area contributed by atoms with Gasteiger partial charge in [0.15, 0.2) is 0 Å². The van der Waals surface area contributed by atoms with Gasteiger partial charge in [-0.2, -0.15) is 0 Å². The first kappa shape index (κ1) is 18.4. The highest BCUT2D eigenvalue weighted by molar-refractivity contribution is 5.87. The molecule has 4 rings (SSSR count). The van der Waals surface area contributed by atoms with Crippen LogP contribution in [0, 0.1) is 11.8 Å². The van der Waals surface area contributed by atoms with Crippen molar-refractivity contribution >= 4 is 11.6 Å². The van der Waals surface area contributed by atoms with Crippen LogP contribution in [0.4, 0.5) is 5.69 Å². The van der Waals surface area contributed by atoms with Crippen LogP contribution in [-0.2, 0) is 4.79 Å². The Morgan fingerprint density at radius 1 is 1.11 bits per heavy atom. The summed E-state index contributed by atoms with van der Waals surface area (Å²) in [6.07, 6.45) is 7.61. The van der Waals surface area contributed by atoms with Crippen LogP contribution < -0.4 is 4.90 Å². The highest BCUT2D eigenvalue weighted by Gasteiger charge is 2.42. The van der Waals surface area contributed by atoms with Gasteiger partial charge in [-0.1, -0.05) is 20.4 Å². The molecule has 0 bridgehead atoms. The fourth-order valence-electron chi connectivity index (χ4n) is 4.91. The normalized spacial score (nSPS) is 26.6. The molecule has 1 aromatic rings. The van der Waals surface area contributed by atoms with Crippen LogP contribution >= 0.6 is 0 Å². The summed E-state index contributed by atoms with van der Waals surface area (Å²) in [6, 6.07) is 0.631. The van der Waals surface area contributed by atoms with Gasteiger partial charge in [-0.05, 0) is 30.8 Å². The summed E-state index contributed by atoms with van der Waals surface area (Å²) in [7, 11) is 0. The van der Waals surface area contributed by atoms with Crippen LogP contribution in [0.1, 0.15) is 38.4 Å². The van der Waals surface area contributed by atoms with Gasteiger partial charge in [0.2, 0.25) is 5.91 Å². The minimum absolute atomic E-state index is 0.0769. The van der Waals surface area contributed by atoms with Crippen molar-refractivity contribution in [1.82, 2.24) is 19.8 Å². The monoisotopic (exact) mass is 369 g/mol. The van der Waals surface area contributed by atoms with Crippen molar-refractivity contribution in [3.63, 3.8) is 0 Å². The number of fused-ring (bicyclic) bond motifs is 1. The molecule has 6 heteroatoms. The number of amides is 1. The van der Waals surface area contributed by atoms with Crippen molar-refractivity contribution in [3.05, 3.63) is 30.9 Å². The average Bonchev–Trinajstić information content (AvgIpc) is 3.27. The molecule has 0 spiro atoms. The molecule has 4 heterocycles. The minimum atomic E-state index is 0.0769. The molecule has 1 amide bonds. The number of carbonyl (C=O) groups is 1. The van der Waals surface area contributed by atoms with E-state index in [0.29, 0.717) is 12.0 Å². The number of hydrogen-bond donors (Lipinski definition) is 0. The third-order valence-electron chi connectivity index (χ3n) is 6.52. The summed E-state index contributed by atoms with van der Waals surface area (Å²) < 4.78 is 0. The van der Waals surface area contributed by atoms with Crippen molar-refractivity contribution < 1.29 is 4.79 Å². The fourth-order valence-corrected chi connectivity index (χ4v) is 4.91. The zero-order chi connectivity index (χ0) is 19.0. The van der Waals surface area contributed by atoms with E-state index in [9.17, 15) is 4.79 Å². The van der Waals surface area contributed by atoms with Crippen LogP contribution in [0.25, 0.3) is 0 Å². The summed E-state index contributed by atoms with van der Waals surface area (Å²) in [5, 5.41) is 0. The molecule has 0 unspecified atom stereocenters. The quantitative estimate of drug-likeness (QED) is 0.761. The lowest BCUT2D eigenvalue weighted by Crippen LogP contribution is -2.46. The molecule has 3 fully saturated rings. The lowest BCUT2D eigenvalue weighted by Gasteiger charge is -2.37. The zero-order valence-electron chi connectivity index (χ0n) is 16.5. The second-order valence-electron chi connectivity index (χ2n) is 8.59. The van der Waals surface area contributed by atoms with Gasteiger partial charge in [-0.15, -0.1) is 0 Å². The van der Waals surface area contributed by atoms with Crippen molar-refractivity contribution in [1.29, 1.82) is 0 Å². The topological polar surface area (TPSA) is 52.6 Å². The summed E-state index contributed by atoms with van der Waals surface area (Å²) >= 11 is 0. The van der Waals surface area contributed by atoms with E-state index in [-0.39, 0.29) is 5.91 Å². The number of hydrogen-bond acceptors (Lipinski definition) is 5. The summed E-state index contributed by atoms with van der Waals surface area (Å²) in [5.41, 5.74) is 1.16. The molecule has 146 valence electrons. The molecule has 0 aromatic carbocycles. The van der Waals surface area contributed by atoms with E-state index >= 15 is 0 Å². The largest absolute Gasteiger partial charge is 0.368 e. The Morgan fingerprint density at radius 2 is 1.70 bits per heavy atom. The van der Waals surface area contributed by atoms with Gasteiger partial charge in [0.05, 0.1) is 18.1 Å². The Labute approximate surface area is 162 Å². The molecule has 0 N–H and O–H groups in total. The van der Waals surface area contributed by atoms with Gasteiger partial charge in [-0.3, -0.25) is 9.69 Å². The van der Waals surface area contributed by atoms with Gasteiger partial charge in [0, 0.05) is 51.2 Å². The van der Waals surface area contributed by atoms with Crippen molar-refractivity contribution in [2.24, 2.45) is 11.8 Å². The van der Waals surface area contributed by atoms with E-state index in [4.69, 9.17) is 0 Å². The molecule has 6 nitrogen and oxygen atoms in total. The van der Waals surface area contributed by atoms with Gasteiger partial charge < -0.3 is 9.80 Å². The SMILES string of the molecule is C=CC(=O)N1CCC(N2C[C@H]3CN(c4cnc(C(C)C)nc4)C[C@H]3C2)CC1. The number of rotatable bonds is 4. The number of likely N-dealkylation sites (tertiary alicyclic amines) is 2. The number of nitrogens with zero attached hydrogens (tertiary/aromatic N) is 5. The van der Waals surface area contributed by atoms with E-state index in [0.717, 1.165) is 62.4 Å². The lowest BCUT2D eigenvalue weighted by molar-refractivity contribution is -0.127. The molecule has 27 heavy (non-hydrogen) atoms. The maximum absolute atomic E-state index is 11.8. The summed E-state index contributed by atoms with van der Waals surface area (Å²) in [5.74, 6) is 2.85. The first-order valence-electron chi connectivity index (χ1n) is 10.3. The van der Waals surface area contributed by atoms with E-state index in [1.807, 2.05) is 17.3 Å². The van der Waals surface area contributed by atoms with Crippen LogP contribution in [-0.4, -0.2) is 71.0 Å². The minimum Gasteiger partial charge on any atom is -0.368 e. The van der Waals surface area contributed by atoms with Crippen LogP contribution in [0.3, 0.4) is 0 Å². The first-order valence-corrected chi connectivity index (χ1v) is 10.3. The van der Waals surface area contributed by atoms with Gasteiger partial charge in [-0.25, -0.2) is 9.97 Å². The fraction of sp³-hybridized carbons (Fsp3) is 0.667. The first-order chi connectivity index (χ1) is 13.0. The molecule has 2 atom stereocenters. The van der Waals surface area contributed by atoms with E-state index in [2.05, 4.69) is 40.2 Å². The number of carbonyl (C=O) groups excluding carboxylic acids is 1. The van der Waals surface area contributed by atoms with Crippen molar-refractivity contribution in [2.45, 2.75) is 38.6 Å². The molecule has 1 aromatic heterocycles. The van der Waals surface area contributed by atoms with E-state index < -0.39 is 0 Å². The molecule has 0 aliphatic carbocycles. The Hall–Kier alpha value is -1.95. The predicted molar refractivity (Wildman–Crippen MR) is 107 cm³/mol. The Morgan fingerprint density at radius 3 is 2.22 bits per heavy atom. The third kappa shape index (κ3) is 3.72. The maximum Gasteiger partial charge on any atom is 0.245 e. The number of aromatic nitrogens is 2. The van der Waals surface area contributed by atoms with Crippen molar-refractivity contribution in [2.75, 3.05) is 44.2 Å². The van der Waals surface area contributed by atoms with Crippen LogP contribution in [0.2, 0.25) is 0 Å². The second kappa shape index (κ2) is 7.58. The zero-order valence-corrected chi connectivity index (χ0v) is 16.5. The average molecular weight is 370 g/mol. The number of anilines is 1. The van der Waals surface area contributed by atoms with Gasteiger partial charge in [0.25, 0.3) is 0 Å². The molecule has 0 radical (unpaired) electrons. The van der Waals surface area contributed by atoms with Crippen LogP contribution in [0.15, 0.2) is 25.0 Å². The number of piperidine rings is 1. The third-order valence-corrected chi connectivity index (χ3v) is 6.52. The Kier molecular flexibility index (Phi) is 5.17. The molecule has 3 aliphatic rings. The van der Waals surface area contributed by atoms with Crippen molar-refractivity contribution in [3.8, 4) is 0 Å². The molecular weight excluding hydrogens is 338 g/mol. The summed E-state index contributed by atoms with van der Waals surface area (Å²) in [6.45, 7) is 14.2. The smallest absolute Gasteiger partial charge is 0.245 e. The Bertz CT molecular complexity index is 666. The highest BCUT2D eigenvalue weighted by Crippen LogP contribution is 2.36. The van der Waals surface area contributed by atoms with Gasteiger partial charge >= 0.3 is 0 Å².